The minimum absolute atomic E-state index is 0.0824. The molecule has 2 aliphatic rings. The minimum Gasteiger partial charge on any atom is -0.475 e. The number of hydrogen-bond donors (Lipinski definition) is 1. The molecule has 0 spiro atoms. The number of carboxylic acids is 1. The Morgan fingerprint density at radius 1 is 0.970 bits per heavy atom. The molecule has 0 bridgehead atoms. The van der Waals surface area contributed by atoms with Crippen LogP contribution in [0.3, 0.4) is 0 Å². The molecule has 0 saturated carbocycles. The molecule has 0 atom stereocenters. The van der Waals surface area contributed by atoms with E-state index in [0.29, 0.717) is 6.54 Å². The number of hydrogen-bond acceptors (Lipinski definition) is 5. The summed E-state index contributed by atoms with van der Waals surface area (Å²) in [5, 5.41) is 16.0. The first kappa shape index (κ1) is 24.7. The van der Waals surface area contributed by atoms with Crippen LogP contribution in [-0.2, 0) is 24.4 Å². The standard InChI is InChI=1S/C20H27N5O.C2HF3O2/c1-16-6-8-17(9-7-16)20(26)24-12-5-13-25-18(21-22-19(25)15-24)14-23-10-3-2-4-11-23;3-2(4,5)1(6)7/h6-9H,2-5,10-15H2,1H3;(H,6,7). The summed E-state index contributed by atoms with van der Waals surface area (Å²) in [5.41, 5.74) is 1.91. The molecule has 8 nitrogen and oxygen atoms in total. The smallest absolute Gasteiger partial charge is 0.475 e. The van der Waals surface area contributed by atoms with Crippen LogP contribution in [0.4, 0.5) is 13.2 Å². The molecular weight excluding hydrogens is 439 g/mol. The maximum absolute atomic E-state index is 12.9. The van der Waals surface area contributed by atoms with Gasteiger partial charge in [-0.3, -0.25) is 9.69 Å². The SMILES string of the molecule is Cc1ccc(C(=O)N2CCCn3c(CN4CCCCC4)nnc3C2)cc1.O=C(O)C(F)(F)F. The highest BCUT2D eigenvalue weighted by molar-refractivity contribution is 5.94. The van der Waals surface area contributed by atoms with Gasteiger partial charge in [-0.15, -0.1) is 10.2 Å². The second kappa shape index (κ2) is 10.8. The highest BCUT2D eigenvalue weighted by atomic mass is 19.4. The molecule has 1 aromatic carbocycles. The maximum Gasteiger partial charge on any atom is 0.490 e. The zero-order chi connectivity index (χ0) is 24.0. The fourth-order valence-electron chi connectivity index (χ4n) is 3.90. The average Bonchev–Trinajstić information content (AvgIpc) is 3.01. The van der Waals surface area contributed by atoms with Gasteiger partial charge in [-0.25, -0.2) is 4.79 Å². The lowest BCUT2D eigenvalue weighted by Gasteiger charge is -2.25. The Morgan fingerprint density at radius 2 is 1.61 bits per heavy atom. The Bertz CT molecular complexity index is 953. The second-order valence-corrected chi connectivity index (χ2v) is 8.27. The van der Waals surface area contributed by atoms with Gasteiger partial charge in [-0.05, 0) is 51.4 Å². The Kier molecular flexibility index (Phi) is 8.06. The predicted octanol–water partition coefficient (Wildman–Crippen LogP) is 3.25. The molecule has 2 aromatic rings. The molecule has 0 radical (unpaired) electrons. The number of halogens is 3. The van der Waals surface area contributed by atoms with E-state index in [1.807, 2.05) is 36.1 Å². The van der Waals surface area contributed by atoms with Gasteiger partial charge in [0.25, 0.3) is 5.91 Å². The van der Waals surface area contributed by atoms with Crippen molar-refractivity contribution in [2.24, 2.45) is 0 Å². The number of aryl methyl sites for hydroxylation is 1. The zero-order valence-electron chi connectivity index (χ0n) is 18.5. The van der Waals surface area contributed by atoms with Crippen molar-refractivity contribution in [1.82, 2.24) is 24.6 Å². The van der Waals surface area contributed by atoms with Crippen molar-refractivity contribution >= 4 is 11.9 Å². The van der Waals surface area contributed by atoms with Crippen molar-refractivity contribution in [2.75, 3.05) is 19.6 Å². The molecule has 1 aromatic heterocycles. The third-order valence-electron chi connectivity index (χ3n) is 5.69. The number of carbonyl (C=O) groups is 2. The van der Waals surface area contributed by atoms with Crippen molar-refractivity contribution in [3.05, 3.63) is 47.0 Å². The number of carbonyl (C=O) groups excluding carboxylic acids is 1. The van der Waals surface area contributed by atoms with E-state index in [9.17, 15) is 18.0 Å². The van der Waals surface area contributed by atoms with Crippen LogP contribution in [-0.4, -0.2) is 67.4 Å². The lowest BCUT2D eigenvalue weighted by molar-refractivity contribution is -0.192. The van der Waals surface area contributed by atoms with E-state index in [-0.39, 0.29) is 5.91 Å². The van der Waals surface area contributed by atoms with E-state index in [4.69, 9.17) is 9.90 Å². The van der Waals surface area contributed by atoms with E-state index in [0.717, 1.165) is 56.4 Å². The van der Waals surface area contributed by atoms with Crippen molar-refractivity contribution in [3.8, 4) is 0 Å². The van der Waals surface area contributed by atoms with E-state index in [1.54, 1.807) is 0 Å². The lowest BCUT2D eigenvalue weighted by atomic mass is 10.1. The number of nitrogens with zero attached hydrogens (tertiary/aromatic N) is 5. The molecule has 1 saturated heterocycles. The highest BCUT2D eigenvalue weighted by Gasteiger charge is 2.38. The van der Waals surface area contributed by atoms with Crippen molar-refractivity contribution in [2.45, 2.75) is 58.4 Å². The molecule has 1 fully saturated rings. The van der Waals surface area contributed by atoms with Gasteiger partial charge >= 0.3 is 12.1 Å². The molecule has 11 heteroatoms. The van der Waals surface area contributed by atoms with Crippen LogP contribution in [0.5, 0.6) is 0 Å². The van der Waals surface area contributed by atoms with E-state index < -0.39 is 12.1 Å². The first-order valence-corrected chi connectivity index (χ1v) is 10.9. The molecular formula is C22H28F3N5O3. The minimum atomic E-state index is -5.08. The number of aromatic nitrogens is 3. The van der Waals surface area contributed by atoms with E-state index >= 15 is 0 Å². The Morgan fingerprint density at radius 3 is 2.21 bits per heavy atom. The molecule has 4 rings (SSSR count). The van der Waals surface area contributed by atoms with E-state index in [1.165, 1.54) is 24.8 Å². The highest BCUT2D eigenvalue weighted by Crippen LogP contribution is 2.18. The van der Waals surface area contributed by atoms with Crippen LogP contribution in [0.15, 0.2) is 24.3 Å². The summed E-state index contributed by atoms with van der Waals surface area (Å²) < 4.78 is 34.0. The molecule has 1 N–H and O–H groups in total. The third kappa shape index (κ3) is 6.77. The van der Waals surface area contributed by atoms with Gasteiger partial charge in [0.05, 0.1) is 13.1 Å². The number of benzene rings is 1. The number of amides is 1. The summed E-state index contributed by atoms with van der Waals surface area (Å²) in [6.07, 6.45) is -0.250. The molecule has 0 aliphatic carbocycles. The van der Waals surface area contributed by atoms with Gasteiger partial charge in [0.1, 0.15) is 5.82 Å². The molecule has 1 amide bonds. The van der Waals surface area contributed by atoms with Crippen LogP contribution < -0.4 is 0 Å². The number of aliphatic carboxylic acids is 1. The fourth-order valence-corrected chi connectivity index (χ4v) is 3.90. The molecule has 2 aliphatic heterocycles. The number of carboxylic acid groups (broad SMARTS) is 1. The molecule has 3 heterocycles. The number of likely N-dealkylation sites (tertiary alicyclic amines) is 1. The van der Waals surface area contributed by atoms with Crippen LogP contribution in [0.1, 0.15) is 53.3 Å². The van der Waals surface area contributed by atoms with Gasteiger partial charge in [-0.2, -0.15) is 13.2 Å². The normalized spacial score (nSPS) is 16.9. The van der Waals surface area contributed by atoms with Crippen molar-refractivity contribution in [3.63, 3.8) is 0 Å². The van der Waals surface area contributed by atoms with Crippen LogP contribution in [0, 0.1) is 6.92 Å². The third-order valence-corrected chi connectivity index (χ3v) is 5.69. The topological polar surface area (TPSA) is 91.6 Å². The largest absolute Gasteiger partial charge is 0.490 e. The summed E-state index contributed by atoms with van der Waals surface area (Å²) >= 11 is 0. The molecule has 180 valence electrons. The summed E-state index contributed by atoms with van der Waals surface area (Å²) in [7, 11) is 0. The van der Waals surface area contributed by atoms with Crippen LogP contribution in [0.25, 0.3) is 0 Å². The quantitative estimate of drug-likeness (QED) is 0.745. The van der Waals surface area contributed by atoms with E-state index in [2.05, 4.69) is 19.7 Å². The first-order chi connectivity index (χ1) is 15.6. The fraction of sp³-hybridized carbons (Fsp3) is 0.545. The summed E-state index contributed by atoms with van der Waals surface area (Å²) in [4.78, 5) is 26.1. The summed E-state index contributed by atoms with van der Waals surface area (Å²) in [6, 6.07) is 7.80. The van der Waals surface area contributed by atoms with Gasteiger partial charge in [-0.1, -0.05) is 24.1 Å². The second-order valence-electron chi connectivity index (χ2n) is 8.27. The summed E-state index contributed by atoms with van der Waals surface area (Å²) in [5.74, 6) is -0.715. The van der Waals surface area contributed by atoms with Crippen molar-refractivity contribution < 1.29 is 27.9 Å². The Labute approximate surface area is 190 Å². The number of alkyl halides is 3. The number of rotatable bonds is 3. The van der Waals surface area contributed by atoms with Crippen LogP contribution in [0.2, 0.25) is 0 Å². The number of piperidine rings is 1. The van der Waals surface area contributed by atoms with Gasteiger partial charge in [0.15, 0.2) is 5.82 Å². The Hall–Kier alpha value is -2.95. The first-order valence-electron chi connectivity index (χ1n) is 10.9. The lowest BCUT2D eigenvalue weighted by Crippen LogP contribution is -2.31. The van der Waals surface area contributed by atoms with Gasteiger partial charge in [0, 0.05) is 18.7 Å². The predicted molar refractivity (Wildman–Crippen MR) is 113 cm³/mol. The van der Waals surface area contributed by atoms with Gasteiger partial charge < -0.3 is 14.6 Å². The maximum atomic E-state index is 12.9. The van der Waals surface area contributed by atoms with Crippen molar-refractivity contribution in [1.29, 1.82) is 0 Å². The molecule has 0 unspecified atom stereocenters. The summed E-state index contributed by atoms with van der Waals surface area (Å²) in [6.45, 7) is 7.41. The Balaban J connectivity index is 0.000000383. The zero-order valence-corrected chi connectivity index (χ0v) is 18.5. The molecule has 33 heavy (non-hydrogen) atoms. The average molecular weight is 467 g/mol. The number of fused-ring (bicyclic) bond motifs is 1. The van der Waals surface area contributed by atoms with Gasteiger partial charge in [0.2, 0.25) is 0 Å². The van der Waals surface area contributed by atoms with Crippen LogP contribution >= 0.6 is 0 Å². The monoisotopic (exact) mass is 467 g/mol.